The molecule has 1 aromatic rings. The van der Waals surface area contributed by atoms with Crippen LogP contribution in [-0.4, -0.2) is 21.4 Å². The van der Waals surface area contributed by atoms with Crippen molar-refractivity contribution in [3.05, 3.63) is 35.9 Å². The lowest BCUT2D eigenvalue weighted by Crippen LogP contribution is -2.54. The molecule has 0 bridgehead atoms. The average molecular weight is 349 g/mol. The van der Waals surface area contributed by atoms with Gasteiger partial charge < -0.3 is 10.2 Å². The van der Waals surface area contributed by atoms with Crippen LogP contribution in [0.5, 0.6) is 0 Å². The van der Waals surface area contributed by atoms with Crippen LogP contribution in [0.2, 0.25) is 0 Å². The molecule has 144 valence electrons. The predicted molar refractivity (Wildman–Crippen MR) is 108 cm³/mol. The molecule has 1 aromatic carbocycles. The highest BCUT2D eigenvalue weighted by Crippen LogP contribution is 2.48. The largest absolute Gasteiger partial charge is 0.390 e. The number of hydrogen-bond donors (Lipinski definition) is 2. The molecule has 0 aliphatic rings. The van der Waals surface area contributed by atoms with E-state index in [2.05, 4.69) is 46.8 Å². The molecule has 0 radical (unpaired) electrons. The first-order valence-corrected chi connectivity index (χ1v) is 10.3. The molecule has 1 rings (SSSR count). The van der Waals surface area contributed by atoms with Gasteiger partial charge in [-0.05, 0) is 37.7 Å². The summed E-state index contributed by atoms with van der Waals surface area (Å²) in [4.78, 5) is 0. The summed E-state index contributed by atoms with van der Waals surface area (Å²) in [7, 11) is 0. The lowest BCUT2D eigenvalue weighted by Gasteiger charge is -2.50. The maximum atomic E-state index is 11.8. The lowest BCUT2D eigenvalue weighted by molar-refractivity contribution is -0.0945. The van der Waals surface area contributed by atoms with Gasteiger partial charge in [0.25, 0.3) is 0 Å². The number of hydrogen-bond acceptors (Lipinski definition) is 2. The highest BCUT2D eigenvalue weighted by Gasteiger charge is 2.50. The van der Waals surface area contributed by atoms with Crippen molar-refractivity contribution in [2.75, 3.05) is 0 Å². The Morgan fingerprint density at radius 3 is 1.56 bits per heavy atom. The van der Waals surface area contributed by atoms with Crippen molar-refractivity contribution in [1.29, 1.82) is 0 Å². The molecule has 0 spiro atoms. The molecule has 0 heterocycles. The van der Waals surface area contributed by atoms with Crippen molar-refractivity contribution in [3.8, 4) is 0 Å². The topological polar surface area (TPSA) is 40.5 Å². The molecule has 0 aliphatic heterocycles. The fourth-order valence-electron chi connectivity index (χ4n) is 4.74. The number of rotatable bonds is 12. The Hall–Kier alpha value is -0.860. The Balaban J connectivity index is 3.41. The molecule has 0 fully saturated rings. The van der Waals surface area contributed by atoms with Gasteiger partial charge in [0.2, 0.25) is 0 Å². The Kier molecular flexibility index (Phi) is 8.63. The van der Waals surface area contributed by atoms with E-state index in [1.165, 1.54) is 0 Å². The minimum atomic E-state index is -0.798. The molecule has 2 heteroatoms. The van der Waals surface area contributed by atoms with Gasteiger partial charge >= 0.3 is 0 Å². The third-order valence-corrected chi connectivity index (χ3v) is 5.88. The van der Waals surface area contributed by atoms with E-state index >= 15 is 0 Å². The molecule has 1 unspecified atom stereocenters. The average Bonchev–Trinajstić information content (AvgIpc) is 2.56. The maximum Gasteiger partial charge on any atom is 0.0742 e. The van der Waals surface area contributed by atoms with Crippen LogP contribution in [0.3, 0.4) is 0 Å². The molecular formula is C23H40O2. The normalized spacial score (nSPS) is 15.2. The summed E-state index contributed by atoms with van der Waals surface area (Å²) >= 11 is 0. The zero-order valence-corrected chi connectivity index (χ0v) is 17.1. The van der Waals surface area contributed by atoms with Gasteiger partial charge in [-0.25, -0.2) is 0 Å². The second kappa shape index (κ2) is 9.73. The molecule has 1 atom stereocenters. The van der Waals surface area contributed by atoms with E-state index in [9.17, 15) is 10.2 Å². The van der Waals surface area contributed by atoms with Gasteiger partial charge in [0.1, 0.15) is 0 Å². The summed E-state index contributed by atoms with van der Waals surface area (Å²) in [5.41, 5.74) is -0.832. The predicted octanol–water partition coefficient (Wildman–Crippen LogP) is 6.00. The number of aliphatic hydroxyl groups is 2. The summed E-state index contributed by atoms with van der Waals surface area (Å²) in [6.45, 7) is 10.7. The maximum absolute atomic E-state index is 11.8. The molecule has 0 amide bonds. The van der Waals surface area contributed by atoms with E-state index in [0.717, 1.165) is 56.9 Å². The Labute approximate surface area is 155 Å². The van der Waals surface area contributed by atoms with Gasteiger partial charge in [-0.1, -0.05) is 90.6 Å². The Bertz CT molecular complexity index is 470. The van der Waals surface area contributed by atoms with Crippen LogP contribution < -0.4 is 0 Å². The summed E-state index contributed by atoms with van der Waals surface area (Å²) in [5.74, 6) is 0. The smallest absolute Gasteiger partial charge is 0.0742 e. The van der Waals surface area contributed by atoms with Crippen LogP contribution in [0.4, 0.5) is 0 Å². The molecule has 2 N–H and O–H groups in total. The van der Waals surface area contributed by atoms with E-state index in [1.54, 1.807) is 0 Å². The summed E-state index contributed by atoms with van der Waals surface area (Å²) in [5, 5.41) is 23.2. The van der Waals surface area contributed by atoms with E-state index in [0.29, 0.717) is 6.42 Å². The van der Waals surface area contributed by atoms with E-state index in [4.69, 9.17) is 0 Å². The third-order valence-electron chi connectivity index (χ3n) is 5.88. The molecule has 2 nitrogen and oxygen atoms in total. The minimum absolute atomic E-state index is 0.459. The van der Waals surface area contributed by atoms with E-state index in [-0.39, 0.29) is 0 Å². The minimum Gasteiger partial charge on any atom is -0.390 e. The summed E-state index contributed by atoms with van der Waals surface area (Å²) in [6.07, 6.45) is 7.53. The van der Waals surface area contributed by atoms with Gasteiger partial charge in [0, 0.05) is 5.41 Å². The number of benzene rings is 1. The monoisotopic (exact) mass is 348 g/mol. The highest BCUT2D eigenvalue weighted by molar-refractivity contribution is 5.30. The zero-order chi connectivity index (χ0) is 19.0. The zero-order valence-electron chi connectivity index (χ0n) is 17.1. The molecule has 0 aromatic heterocycles. The first kappa shape index (κ1) is 22.2. The van der Waals surface area contributed by atoms with Gasteiger partial charge in [0.05, 0.1) is 11.2 Å². The molecule has 0 saturated carbocycles. The molecule has 25 heavy (non-hydrogen) atoms. The van der Waals surface area contributed by atoms with Crippen LogP contribution in [-0.2, 0) is 5.41 Å². The van der Waals surface area contributed by atoms with Crippen LogP contribution in [0, 0.1) is 0 Å². The van der Waals surface area contributed by atoms with Gasteiger partial charge in [-0.3, -0.25) is 0 Å². The van der Waals surface area contributed by atoms with Gasteiger partial charge in [-0.15, -0.1) is 0 Å². The first-order valence-electron chi connectivity index (χ1n) is 10.3. The van der Waals surface area contributed by atoms with E-state index < -0.39 is 16.6 Å². The molecule has 0 aliphatic carbocycles. The quantitative estimate of drug-likeness (QED) is 0.486. The van der Waals surface area contributed by atoms with Crippen molar-refractivity contribution < 1.29 is 10.2 Å². The lowest BCUT2D eigenvalue weighted by atomic mass is 9.59. The SMILES string of the molecule is CCCC(O)(CCC)CC(C)(c1ccccc1)C(O)(CCC)CCC. The Morgan fingerprint density at radius 2 is 1.16 bits per heavy atom. The van der Waals surface area contributed by atoms with Crippen molar-refractivity contribution in [2.24, 2.45) is 0 Å². The summed E-state index contributed by atoms with van der Waals surface area (Å²) < 4.78 is 0. The third kappa shape index (κ3) is 5.31. The highest BCUT2D eigenvalue weighted by atomic mass is 16.3. The second-order valence-corrected chi connectivity index (χ2v) is 8.13. The van der Waals surface area contributed by atoms with Gasteiger partial charge in [0.15, 0.2) is 0 Å². The van der Waals surface area contributed by atoms with Crippen LogP contribution >= 0.6 is 0 Å². The molecule has 0 saturated heterocycles. The van der Waals surface area contributed by atoms with Crippen LogP contribution in [0.15, 0.2) is 30.3 Å². The van der Waals surface area contributed by atoms with Crippen molar-refractivity contribution in [2.45, 2.75) is 109 Å². The fraction of sp³-hybridized carbons (Fsp3) is 0.739. The second-order valence-electron chi connectivity index (χ2n) is 8.13. The van der Waals surface area contributed by atoms with Crippen LogP contribution in [0.1, 0.15) is 98.0 Å². The Morgan fingerprint density at radius 1 is 0.720 bits per heavy atom. The summed E-state index contributed by atoms with van der Waals surface area (Å²) in [6, 6.07) is 10.4. The van der Waals surface area contributed by atoms with Gasteiger partial charge in [-0.2, -0.15) is 0 Å². The van der Waals surface area contributed by atoms with Crippen LogP contribution in [0.25, 0.3) is 0 Å². The van der Waals surface area contributed by atoms with Crippen molar-refractivity contribution in [3.63, 3.8) is 0 Å². The fourth-order valence-corrected chi connectivity index (χ4v) is 4.74. The first-order chi connectivity index (χ1) is 11.8. The van der Waals surface area contributed by atoms with E-state index in [1.807, 2.05) is 18.2 Å². The van der Waals surface area contributed by atoms with Crippen molar-refractivity contribution in [1.82, 2.24) is 0 Å². The van der Waals surface area contributed by atoms with Crippen molar-refractivity contribution >= 4 is 0 Å². The standard InChI is InChI=1S/C23H40O2/c1-6-15-22(24,16-7-2)19-21(5,20-13-11-10-12-14-20)23(25,17-8-3)18-9-4/h10-14,24-25H,6-9,15-19H2,1-5H3. The molecular weight excluding hydrogens is 308 g/mol.